The Morgan fingerprint density at radius 2 is 1.72 bits per heavy atom. The molecule has 0 unspecified atom stereocenters. The number of nitrogens with one attached hydrogen (secondary N) is 1. The predicted molar refractivity (Wildman–Crippen MR) is 127 cm³/mol. The van der Waals surface area contributed by atoms with Crippen molar-refractivity contribution in [1.29, 1.82) is 0 Å². The molecule has 4 heteroatoms. The van der Waals surface area contributed by atoms with E-state index in [-0.39, 0.29) is 17.6 Å². The van der Waals surface area contributed by atoms with Crippen molar-refractivity contribution >= 4 is 5.91 Å². The predicted octanol–water partition coefficient (Wildman–Crippen LogP) is 5.28. The molecular formula is C28H30N2O2. The molecule has 0 saturated heterocycles. The first kappa shape index (κ1) is 20.8. The number of nitrogens with zero attached hydrogens (tertiary/aromatic N) is 1. The highest BCUT2D eigenvalue weighted by atomic mass is 16.5. The van der Waals surface area contributed by atoms with Gasteiger partial charge in [0.05, 0.1) is 6.04 Å². The lowest BCUT2D eigenvalue weighted by Gasteiger charge is -2.37. The molecule has 0 radical (unpaired) electrons. The molecule has 5 rings (SSSR count). The van der Waals surface area contributed by atoms with Crippen molar-refractivity contribution < 1.29 is 9.53 Å². The van der Waals surface area contributed by atoms with Crippen molar-refractivity contribution in [3.63, 3.8) is 0 Å². The number of carbonyl (C=O) groups is 1. The van der Waals surface area contributed by atoms with E-state index >= 15 is 0 Å². The number of hydrogen-bond acceptors (Lipinski definition) is 3. The van der Waals surface area contributed by atoms with Gasteiger partial charge in [0.25, 0.3) is 5.91 Å². The van der Waals surface area contributed by atoms with Gasteiger partial charge in [-0.2, -0.15) is 0 Å². The minimum absolute atomic E-state index is 0.0408. The molecule has 0 saturated carbocycles. The zero-order chi connectivity index (χ0) is 22.1. The van der Waals surface area contributed by atoms with Crippen LogP contribution in [0.3, 0.4) is 0 Å². The number of carbonyl (C=O) groups excluding carboxylic acids is 1. The first-order valence-electron chi connectivity index (χ1n) is 11.4. The van der Waals surface area contributed by atoms with Crippen LogP contribution in [0.25, 0.3) is 0 Å². The molecule has 0 bridgehead atoms. The molecule has 0 aliphatic carbocycles. The molecule has 0 fully saturated rings. The van der Waals surface area contributed by atoms with E-state index in [0.29, 0.717) is 5.56 Å². The molecule has 1 amide bonds. The topological polar surface area (TPSA) is 41.6 Å². The lowest BCUT2D eigenvalue weighted by molar-refractivity contribution is 0.0619. The molecule has 2 heterocycles. The second-order valence-corrected chi connectivity index (χ2v) is 9.56. The van der Waals surface area contributed by atoms with Crippen molar-refractivity contribution in [2.75, 3.05) is 6.54 Å². The van der Waals surface area contributed by atoms with E-state index in [1.807, 2.05) is 36.4 Å². The summed E-state index contributed by atoms with van der Waals surface area (Å²) in [5, 5.41) is 3.23. The van der Waals surface area contributed by atoms with Crippen LogP contribution in [0.2, 0.25) is 0 Å². The summed E-state index contributed by atoms with van der Waals surface area (Å²) in [6.07, 6.45) is 1.84. The monoisotopic (exact) mass is 426 g/mol. The molecule has 3 aromatic rings. The Bertz CT molecular complexity index is 1120. The van der Waals surface area contributed by atoms with Gasteiger partial charge >= 0.3 is 0 Å². The Morgan fingerprint density at radius 1 is 1.00 bits per heavy atom. The molecule has 4 nitrogen and oxygen atoms in total. The van der Waals surface area contributed by atoms with Crippen molar-refractivity contribution in [3.8, 4) is 5.75 Å². The van der Waals surface area contributed by atoms with Crippen LogP contribution >= 0.6 is 0 Å². The highest BCUT2D eigenvalue weighted by Crippen LogP contribution is 2.39. The first-order valence-corrected chi connectivity index (χ1v) is 11.4. The van der Waals surface area contributed by atoms with Crippen molar-refractivity contribution in [2.45, 2.75) is 51.4 Å². The second-order valence-electron chi connectivity index (χ2n) is 9.56. The third-order valence-electron chi connectivity index (χ3n) is 6.51. The van der Waals surface area contributed by atoms with Crippen molar-refractivity contribution in [3.05, 3.63) is 101 Å². The van der Waals surface area contributed by atoms with E-state index in [1.54, 1.807) is 0 Å². The standard InChI is InChI=1S/C28H30N2O2/c1-28(2)17-25(24-9-5-6-10-26(24)32-28)29-27(31)22-13-11-20(12-14-22)18-30-16-15-21-7-3-4-8-23(21)19-30/h3-14,25H,15-19H2,1-2H3,(H,29,31)/t25-/m1/s1. The minimum atomic E-state index is -0.316. The summed E-state index contributed by atoms with van der Waals surface area (Å²) in [6.45, 7) is 7.08. The van der Waals surface area contributed by atoms with Gasteiger partial charge in [0.15, 0.2) is 0 Å². The largest absolute Gasteiger partial charge is 0.487 e. The zero-order valence-electron chi connectivity index (χ0n) is 18.8. The average Bonchev–Trinajstić information content (AvgIpc) is 2.79. The third kappa shape index (κ3) is 4.42. The summed E-state index contributed by atoms with van der Waals surface area (Å²) >= 11 is 0. The van der Waals surface area contributed by atoms with Gasteiger partial charge in [-0.05, 0) is 55.2 Å². The molecule has 164 valence electrons. The summed E-state index contributed by atoms with van der Waals surface area (Å²) in [4.78, 5) is 15.5. The highest BCUT2D eigenvalue weighted by Gasteiger charge is 2.34. The number of rotatable bonds is 4. The molecule has 0 spiro atoms. The summed E-state index contributed by atoms with van der Waals surface area (Å²) < 4.78 is 6.09. The SMILES string of the molecule is CC1(C)C[C@@H](NC(=O)c2ccc(CN3CCc4ccccc4C3)cc2)c2ccccc2O1. The fourth-order valence-corrected chi connectivity index (χ4v) is 4.88. The highest BCUT2D eigenvalue weighted by molar-refractivity contribution is 5.94. The van der Waals surface area contributed by atoms with Crippen molar-refractivity contribution in [1.82, 2.24) is 10.2 Å². The summed E-state index contributed by atoms with van der Waals surface area (Å²) in [5.74, 6) is 0.813. The van der Waals surface area contributed by atoms with Crippen LogP contribution in [0.4, 0.5) is 0 Å². The fraction of sp³-hybridized carbons (Fsp3) is 0.321. The smallest absolute Gasteiger partial charge is 0.251 e. The van der Waals surface area contributed by atoms with Crippen LogP contribution in [0.1, 0.15) is 58.9 Å². The Labute approximate surface area is 190 Å². The van der Waals surface area contributed by atoms with Crippen LogP contribution in [0.5, 0.6) is 5.75 Å². The van der Waals surface area contributed by atoms with Gasteiger partial charge in [0, 0.05) is 37.2 Å². The molecular weight excluding hydrogens is 396 g/mol. The Hall–Kier alpha value is -3.11. The second kappa shape index (κ2) is 8.44. The molecule has 0 aromatic heterocycles. The lowest BCUT2D eigenvalue weighted by Crippen LogP contribution is -2.41. The number of hydrogen-bond donors (Lipinski definition) is 1. The number of amides is 1. The molecule has 3 aromatic carbocycles. The van der Waals surface area contributed by atoms with Crippen LogP contribution in [0.15, 0.2) is 72.8 Å². The number of para-hydroxylation sites is 1. The van der Waals surface area contributed by atoms with Crippen molar-refractivity contribution in [2.24, 2.45) is 0 Å². The van der Waals surface area contributed by atoms with Crippen LogP contribution in [-0.2, 0) is 19.5 Å². The lowest BCUT2D eigenvalue weighted by atomic mass is 9.89. The van der Waals surface area contributed by atoms with Gasteiger partial charge in [0.1, 0.15) is 11.4 Å². The van der Waals surface area contributed by atoms with Gasteiger partial charge in [-0.15, -0.1) is 0 Å². The van der Waals surface area contributed by atoms with E-state index in [1.165, 1.54) is 16.7 Å². The van der Waals surface area contributed by atoms with Crippen LogP contribution in [0, 0.1) is 0 Å². The Kier molecular flexibility index (Phi) is 5.48. The van der Waals surface area contributed by atoms with E-state index < -0.39 is 0 Å². The maximum absolute atomic E-state index is 13.0. The quantitative estimate of drug-likeness (QED) is 0.617. The summed E-state index contributed by atoms with van der Waals surface area (Å²) in [7, 11) is 0. The fourth-order valence-electron chi connectivity index (χ4n) is 4.88. The molecule has 1 N–H and O–H groups in total. The van der Waals surface area contributed by atoms with Crippen LogP contribution in [-0.4, -0.2) is 23.0 Å². The Morgan fingerprint density at radius 3 is 2.53 bits per heavy atom. The molecule has 2 aliphatic heterocycles. The van der Waals surface area contributed by atoms with Gasteiger partial charge in [-0.3, -0.25) is 9.69 Å². The zero-order valence-corrected chi connectivity index (χ0v) is 18.8. The normalized spacial score (nSPS) is 19.4. The van der Waals surface area contributed by atoms with E-state index in [9.17, 15) is 4.79 Å². The first-order chi connectivity index (χ1) is 15.5. The van der Waals surface area contributed by atoms with E-state index in [0.717, 1.165) is 43.8 Å². The van der Waals surface area contributed by atoms with Gasteiger partial charge < -0.3 is 10.1 Å². The van der Waals surface area contributed by atoms with Gasteiger partial charge in [-0.1, -0.05) is 54.6 Å². The van der Waals surface area contributed by atoms with E-state index in [2.05, 4.69) is 60.5 Å². The number of ether oxygens (including phenoxy) is 1. The maximum Gasteiger partial charge on any atom is 0.251 e. The summed E-state index contributed by atoms with van der Waals surface area (Å²) in [6, 6.07) is 24.7. The van der Waals surface area contributed by atoms with Gasteiger partial charge in [0.2, 0.25) is 0 Å². The molecule has 32 heavy (non-hydrogen) atoms. The van der Waals surface area contributed by atoms with E-state index in [4.69, 9.17) is 4.74 Å². The molecule has 2 aliphatic rings. The third-order valence-corrected chi connectivity index (χ3v) is 6.51. The maximum atomic E-state index is 13.0. The van der Waals surface area contributed by atoms with Gasteiger partial charge in [-0.25, -0.2) is 0 Å². The summed E-state index contributed by atoms with van der Waals surface area (Å²) in [5.41, 5.74) is 5.55. The Balaban J connectivity index is 1.24. The minimum Gasteiger partial charge on any atom is -0.487 e. The number of benzene rings is 3. The number of fused-ring (bicyclic) bond motifs is 2. The van der Waals surface area contributed by atoms with Crippen LogP contribution < -0.4 is 10.1 Å². The average molecular weight is 427 g/mol. The molecule has 1 atom stereocenters.